The smallest absolute Gasteiger partial charge is 0.255 e. The minimum absolute atomic E-state index is 0.0285. The molecule has 132 valence electrons. The van der Waals surface area contributed by atoms with E-state index in [0.29, 0.717) is 30.3 Å². The van der Waals surface area contributed by atoms with Gasteiger partial charge in [-0.25, -0.2) is 0 Å². The van der Waals surface area contributed by atoms with Crippen LogP contribution in [0.5, 0.6) is 0 Å². The molecule has 0 saturated carbocycles. The van der Waals surface area contributed by atoms with Crippen LogP contribution in [0.25, 0.3) is 0 Å². The molecule has 0 radical (unpaired) electrons. The van der Waals surface area contributed by atoms with E-state index in [9.17, 15) is 4.79 Å². The second-order valence-corrected chi connectivity index (χ2v) is 6.68. The normalized spacial score (nSPS) is 20.0. The highest BCUT2D eigenvalue weighted by Gasteiger charge is 2.28. The van der Waals surface area contributed by atoms with E-state index in [0.717, 1.165) is 45.7 Å². The van der Waals surface area contributed by atoms with E-state index in [1.165, 1.54) is 0 Å². The number of nitrogens with zero attached hydrogens (tertiary/aromatic N) is 2. The molecule has 1 aromatic carbocycles. The summed E-state index contributed by atoms with van der Waals surface area (Å²) in [4.78, 5) is 17.5. The standard InChI is InChI=1S/C18H25ClN2O3/c19-17-4-2-1-3-16(17)18(22)21(15-5-11-23-12-6-15)8-7-20-9-13-24-14-10-20/h1-4,15H,5-14H2. The third kappa shape index (κ3) is 4.48. The molecule has 1 amide bonds. The van der Waals surface area contributed by atoms with Crippen molar-refractivity contribution in [3.8, 4) is 0 Å². The van der Waals surface area contributed by atoms with Gasteiger partial charge in [-0.05, 0) is 25.0 Å². The van der Waals surface area contributed by atoms with Gasteiger partial charge in [-0.1, -0.05) is 23.7 Å². The zero-order valence-corrected chi connectivity index (χ0v) is 14.7. The molecule has 2 fully saturated rings. The Kier molecular flexibility index (Phi) is 6.49. The summed E-state index contributed by atoms with van der Waals surface area (Å²) in [5.74, 6) is 0.0285. The first-order valence-electron chi connectivity index (χ1n) is 8.69. The van der Waals surface area contributed by atoms with Gasteiger partial charge in [0.05, 0.1) is 23.8 Å². The third-order valence-electron chi connectivity index (χ3n) is 4.76. The number of benzene rings is 1. The fraction of sp³-hybridized carbons (Fsp3) is 0.611. The summed E-state index contributed by atoms with van der Waals surface area (Å²) in [6.45, 7) is 6.43. The van der Waals surface area contributed by atoms with Gasteiger partial charge in [0.1, 0.15) is 0 Å². The van der Waals surface area contributed by atoms with Crippen LogP contribution in [0.15, 0.2) is 24.3 Å². The predicted molar refractivity (Wildman–Crippen MR) is 93.6 cm³/mol. The van der Waals surface area contributed by atoms with Gasteiger partial charge in [-0.3, -0.25) is 9.69 Å². The number of carbonyl (C=O) groups excluding carboxylic acids is 1. The molecule has 2 aliphatic rings. The highest BCUT2D eigenvalue weighted by atomic mass is 35.5. The molecule has 6 heteroatoms. The van der Waals surface area contributed by atoms with E-state index < -0.39 is 0 Å². The number of hydrogen-bond donors (Lipinski definition) is 0. The quantitative estimate of drug-likeness (QED) is 0.815. The molecule has 5 nitrogen and oxygen atoms in total. The topological polar surface area (TPSA) is 42.0 Å². The highest BCUT2D eigenvalue weighted by molar-refractivity contribution is 6.33. The van der Waals surface area contributed by atoms with Crippen molar-refractivity contribution in [1.82, 2.24) is 9.80 Å². The number of morpholine rings is 1. The second kappa shape index (κ2) is 8.81. The van der Waals surface area contributed by atoms with Crippen LogP contribution in [0, 0.1) is 0 Å². The first kappa shape index (κ1) is 17.7. The van der Waals surface area contributed by atoms with Gasteiger partial charge in [0.25, 0.3) is 5.91 Å². The van der Waals surface area contributed by atoms with Crippen LogP contribution < -0.4 is 0 Å². The van der Waals surface area contributed by atoms with Gasteiger partial charge in [-0.15, -0.1) is 0 Å². The van der Waals surface area contributed by atoms with Gasteiger partial charge < -0.3 is 14.4 Å². The maximum atomic E-state index is 13.1. The number of ether oxygens (including phenoxy) is 2. The van der Waals surface area contributed by atoms with Crippen molar-refractivity contribution in [2.45, 2.75) is 18.9 Å². The summed E-state index contributed by atoms with van der Waals surface area (Å²) >= 11 is 6.25. The number of carbonyl (C=O) groups is 1. The zero-order valence-electron chi connectivity index (χ0n) is 14.0. The minimum atomic E-state index is 0.0285. The molecule has 0 aromatic heterocycles. The Morgan fingerprint density at radius 1 is 1.12 bits per heavy atom. The third-order valence-corrected chi connectivity index (χ3v) is 5.09. The Bertz CT molecular complexity index is 543. The first-order chi connectivity index (χ1) is 11.8. The van der Waals surface area contributed by atoms with E-state index in [2.05, 4.69) is 4.90 Å². The molecule has 2 heterocycles. The summed E-state index contributed by atoms with van der Waals surface area (Å²) in [6.07, 6.45) is 1.78. The molecular weight excluding hydrogens is 328 g/mol. The van der Waals surface area contributed by atoms with Crippen molar-refractivity contribution in [3.63, 3.8) is 0 Å². The molecule has 0 bridgehead atoms. The molecule has 3 rings (SSSR count). The molecule has 2 saturated heterocycles. The van der Waals surface area contributed by atoms with Crippen LogP contribution in [-0.4, -0.2) is 74.4 Å². The number of amides is 1. The molecule has 0 atom stereocenters. The van der Waals surface area contributed by atoms with Gasteiger partial charge >= 0.3 is 0 Å². The lowest BCUT2D eigenvalue weighted by Crippen LogP contribution is -2.48. The van der Waals surface area contributed by atoms with E-state index in [1.54, 1.807) is 6.07 Å². The zero-order chi connectivity index (χ0) is 16.8. The molecule has 1 aromatic rings. The molecule has 2 aliphatic heterocycles. The summed E-state index contributed by atoms with van der Waals surface area (Å²) in [5, 5.41) is 0.519. The van der Waals surface area contributed by atoms with Crippen LogP contribution in [0.1, 0.15) is 23.2 Å². The lowest BCUT2D eigenvalue weighted by atomic mass is 10.0. The Morgan fingerprint density at radius 3 is 2.50 bits per heavy atom. The van der Waals surface area contributed by atoms with Crippen molar-refractivity contribution < 1.29 is 14.3 Å². The largest absolute Gasteiger partial charge is 0.381 e. The summed E-state index contributed by atoms with van der Waals surface area (Å²) in [7, 11) is 0. The minimum Gasteiger partial charge on any atom is -0.381 e. The van der Waals surface area contributed by atoms with E-state index in [-0.39, 0.29) is 11.9 Å². The molecule has 0 unspecified atom stereocenters. The van der Waals surface area contributed by atoms with Gasteiger partial charge in [-0.2, -0.15) is 0 Å². The van der Waals surface area contributed by atoms with E-state index >= 15 is 0 Å². The summed E-state index contributed by atoms with van der Waals surface area (Å²) in [6, 6.07) is 7.53. The molecule has 24 heavy (non-hydrogen) atoms. The van der Waals surface area contributed by atoms with Crippen LogP contribution in [0.2, 0.25) is 5.02 Å². The Hall–Kier alpha value is -1.14. The van der Waals surface area contributed by atoms with Crippen LogP contribution in [0.3, 0.4) is 0 Å². The maximum absolute atomic E-state index is 13.1. The number of halogens is 1. The van der Waals surface area contributed by atoms with Crippen LogP contribution >= 0.6 is 11.6 Å². The van der Waals surface area contributed by atoms with Crippen molar-refractivity contribution in [3.05, 3.63) is 34.9 Å². The number of hydrogen-bond acceptors (Lipinski definition) is 4. The van der Waals surface area contributed by atoms with Gasteiger partial charge in [0.15, 0.2) is 0 Å². The molecule has 0 aliphatic carbocycles. The van der Waals surface area contributed by atoms with Crippen molar-refractivity contribution in [2.24, 2.45) is 0 Å². The van der Waals surface area contributed by atoms with Gasteiger partial charge in [0, 0.05) is 45.4 Å². The predicted octanol–water partition coefficient (Wildman–Crippen LogP) is 2.29. The Morgan fingerprint density at radius 2 is 1.79 bits per heavy atom. The Balaban J connectivity index is 1.71. The molecule has 0 N–H and O–H groups in total. The fourth-order valence-electron chi connectivity index (χ4n) is 3.31. The molecule has 0 spiro atoms. The maximum Gasteiger partial charge on any atom is 0.255 e. The lowest BCUT2D eigenvalue weighted by Gasteiger charge is -2.36. The first-order valence-corrected chi connectivity index (χ1v) is 9.07. The lowest BCUT2D eigenvalue weighted by molar-refractivity contribution is 0.0141. The fourth-order valence-corrected chi connectivity index (χ4v) is 3.53. The average molecular weight is 353 g/mol. The average Bonchev–Trinajstić information content (AvgIpc) is 2.64. The van der Waals surface area contributed by atoms with E-state index in [1.807, 2.05) is 23.1 Å². The Labute approximate surface area is 148 Å². The second-order valence-electron chi connectivity index (χ2n) is 6.28. The SMILES string of the molecule is O=C(c1ccccc1Cl)N(CCN1CCOCC1)C1CCOCC1. The molecular formula is C18H25ClN2O3. The van der Waals surface area contributed by atoms with Crippen molar-refractivity contribution in [1.29, 1.82) is 0 Å². The monoisotopic (exact) mass is 352 g/mol. The van der Waals surface area contributed by atoms with Crippen molar-refractivity contribution >= 4 is 17.5 Å². The number of rotatable bonds is 5. The van der Waals surface area contributed by atoms with Gasteiger partial charge in [0.2, 0.25) is 0 Å². The summed E-state index contributed by atoms with van der Waals surface area (Å²) in [5.41, 5.74) is 0.590. The highest BCUT2D eigenvalue weighted by Crippen LogP contribution is 2.22. The summed E-state index contributed by atoms with van der Waals surface area (Å²) < 4.78 is 10.9. The van der Waals surface area contributed by atoms with Crippen molar-refractivity contribution in [2.75, 3.05) is 52.6 Å². The van der Waals surface area contributed by atoms with E-state index in [4.69, 9.17) is 21.1 Å². The van der Waals surface area contributed by atoms with Crippen LogP contribution in [0.4, 0.5) is 0 Å². The van der Waals surface area contributed by atoms with Crippen LogP contribution in [-0.2, 0) is 9.47 Å².